The average molecular weight is 212 g/mol. The molecule has 1 amide bonds. The summed E-state index contributed by atoms with van der Waals surface area (Å²) in [5.41, 5.74) is 5.69. The minimum absolute atomic E-state index is 0.0175. The zero-order valence-electron chi connectivity index (χ0n) is 10.1. The third kappa shape index (κ3) is 3.49. The average Bonchev–Trinajstić information content (AvgIpc) is 2.20. The second-order valence-electron chi connectivity index (χ2n) is 5.03. The summed E-state index contributed by atoms with van der Waals surface area (Å²) < 4.78 is 0. The minimum Gasteiger partial charge on any atom is -0.352 e. The predicted molar refractivity (Wildman–Crippen MR) is 62.4 cm³/mol. The maximum absolute atomic E-state index is 11.6. The van der Waals surface area contributed by atoms with Crippen LogP contribution in [0.2, 0.25) is 0 Å². The molecule has 0 spiro atoms. The molecule has 15 heavy (non-hydrogen) atoms. The Kier molecular flexibility index (Phi) is 4.58. The SMILES string of the molecule is CC[C@H](N)C(=O)NC1CCC(C)CC1C. The lowest BCUT2D eigenvalue weighted by Gasteiger charge is -2.33. The Morgan fingerprint density at radius 1 is 1.47 bits per heavy atom. The van der Waals surface area contributed by atoms with Gasteiger partial charge in [0, 0.05) is 6.04 Å². The molecule has 3 unspecified atom stereocenters. The summed E-state index contributed by atoms with van der Waals surface area (Å²) in [5, 5.41) is 3.08. The van der Waals surface area contributed by atoms with Gasteiger partial charge in [0.15, 0.2) is 0 Å². The van der Waals surface area contributed by atoms with Gasteiger partial charge in [-0.1, -0.05) is 20.8 Å². The fraction of sp³-hybridized carbons (Fsp3) is 0.917. The molecule has 3 heteroatoms. The van der Waals surface area contributed by atoms with E-state index in [0.29, 0.717) is 18.4 Å². The van der Waals surface area contributed by atoms with Crippen LogP contribution in [-0.4, -0.2) is 18.0 Å². The molecule has 1 aliphatic carbocycles. The van der Waals surface area contributed by atoms with Crippen molar-refractivity contribution in [2.45, 2.75) is 58.5 Å². The van der Waals surface area contributed by atoms with Gasteiger partial charge in [-0.05, 0) is 37.5 Å². The van der Waals surface area contributed by atoms with E-state index in [1.165, 1.54) is 12.8 Å². The lowest BCUT2D eigenvalue weighted by Crippen LogP contribution is -2.48. The van der Waals surface area contributed by atoms with Crippen LogP contribution in [-0.2, 0) is 4.79 Å². The fourth-order valence-corrected chi connectivity index (χ4v) is 2.35. The van der Waals surface area contributed by atoms with Crippen LogP contribution >= 0.6 is 0 Å². The summed E-state index contributed by atoms with van der Waals surface area (Å²) >= 11 is 0. The molecule has 0 aliphatic heterocycles. The fourth-order valence-electron chi connectivity index (χ4n) is 2.35. The molecule has 88 valence electrons. The number of rotatable bonds is 3. The molecular weight excluding hydrogens is 188 g/mol. The van der Waals surface area contributed by atoms with Gasteiger partial charge >= 0.3 is 0 Å². The van der Waals surface area contributed by atoms with Crippen molar-refractivity contribution in [1.29, 1.82) is 0 Å². The molecule has 0 aromatic carbocycles. The molecule has 1 saturated carbocycles. The molecule has 0 heterocycles. The third-order valence-electron chi connectivity index (χ3n) is 3.54. The smallest absolute Gasteiger partial charge is 0.237 e. The van der Waals surface area contributed by atoms with E-state index in [4.69, 9.17) is 5.73 Å². The van der Waals surface area contributed by atoms with Crippen molar-refractivity contribution in [3.63, 3.8) is 0 Å². The van der Waals surface area contributed by atoms with Crippen molar-refractivity contribution in [3.8, 4) is 0 Å². The van der Waals surface area contributed by atoms with E-state index in [1.807, 2.05) is 6.92 Å². The van der Waals surface area contributed by atoms with Crippen molar-refractivity contribution in [2.75, 3.05) is 0 Å². The molecule has 0 aromatic rings. The summed E-state index contributed by atoms with van der Waals surface area (Å²) in [4.78, 5) is 11.6. The van der Waals surface area contributed by atoms with Crippen molar-refractivity contribution in [3.05, 3.63) is 0 Å². The van der Waals surface area contributed by atoms with E-state index in [0.717, 1.165) is 12.3 Å². The highest BCUT2D eigenvalue weighted by molar-refractivity contribution is 5.81. The highest BCUT2D eigenvalue weighted by Gasteiger charge is 2.27. The van der Waals surface area contributed by atoms with Crippen molar-refractivity contribution < 1.29 is 4.79 Å². The molecule has 1 fully saturated rings. The van der Waals surface area contributed by atoms with E-state index >= 15 is 0 Å². The first-order chi connectivity index (χ1) is 7.04. The van der Waals surface area contributed by atoms with Gasteiger partial charge in [0.05, 0.1) is 6.04 Å². The molecule has 3 N–H and O–H groups in total. The Bertz CT molecular complexity index is 218. The quantitative estimate of drug-likeness (QED) is 0.747. The van der Waals surface area contributed by atoms with Gasteiger partial charge in [-0.25, -0.2) is 0 Å². The summed E-state index contributed by atoms with van der Waals surface area (Å²) in [6.45, 7) is 6.45. The lowest BCUT2D eigenvalue weighted by molar-refractivity contribution is -0.123. The van der Waals surface area contributed by atoms with Gasteiger partial charge in [-0.3, -0.25) is 4.79 Å². The van der Waals surface area contributed by atoms with E-state index in [2.05, 4.69) is 19.2 Å². The van der Waals surface area contributed by atoms with Crippen molar-refractivity contribution >= 4 is 5.91 Å². The molecule has 0 saturated heterocycles. The second kappa shape index (κ2) is 5.50. The van der Waals surface area contributed by atoms with Gasteiger partial charge in [-0.2, -0.15) is 0 Å². The van der Waals surface area contributed by atoms with Gasteiger partial charge in [0.25, 0.3) is 0 Å². The molecule has 1 rings (SSSR count). The van der Waals surface area contributed by atoms with Gasteiger partial charge in [0.2, 0.25) is 5.91 Å². The van der Waals surface area contributed by atoms with Gasteiger partial charge in [-0.15, -0.1) is 0 Å². The number of hydrogen-bond donors (Lipinski definition) is 2. The van der Waals surface area contributed by atoms with E-state index in [9.17, 15) is 4.79 Å². The molecule has 3 nitrogen and oxygen atoms in total. The summed E-state index contributed by atoms with van der Waals surface area (Å²) in [7, 11) is 0. The first-order valence-corrected chi connectivity index (χ1v) is 6.10. The van der Waals surface area contributed by atoms with E-state index in [1.54, 1.807) is 0 Å². The standard InChI is InChI=1S/C12H24N2O/c1-4-10(13)12(15)14-11-6-5-8(2)7-9(11)3/h8-11H,4-7,13H2,1-3H3,(H,14,15)/t8?,9?,10-,11?/m0/s1. The summed E-state index contributed by atoms with van der Waals surface area (Å²) in [6.07, 6.45) is 4.25. The Morgan fingerprint density at radius 3 is 2.67 bits per heavy atom. The molecule has 1 aliphatic rings. The molecule has 0 aromatic heterocycles. The van der Waals surface area contributed by atoms with E-state index in [-0.39, 0.29) is 11.9 Å². The van der Waals surface area contributed by atoms with Crippen LogP contribution in [0.4, 0.5) is 0 Å². The first-order valence-electron chi connectivity index (χ1n) is 6.10. The zero-order chi connectivity index (χ0) is 11.4. The number of hydrogen-bond acceptors (Lipinski definition) is 2. The van der Waals surface area contributed by atoms with E-state index < -0.39 is 0 Å². The Morgan fingerprint density at radius 2 is 2.13 bits per heavy atom. The van der Waals surface area contributed by atoms with Gasteiger partial charge < -0.3 is 11.1 Å². The lowest BCUT2D eigenvalue weighted by atomic mass is 9.80. The minimum atomic E-state index is -0.337. The van der Waals surface area contributed by atoms with Crippen LogP contribution in [0.3, 0.4) is 0 Å². The summed E-state index contributed by atoms with van der Waals surface area (Å²) in [6, 6.07) is 0.00264. The maximum Gasteiger partial charge on any atom is 0.237 e. The highest BCUT2D eigenvalue weighted by Crippen LogP contribution is 2.28. The van der Waals surface area contributed by atoms with Crippen molar-refractivity contribution in [2.24, 2.45) is 17.6 Å². The third-order valence-corrected chi connectivity index (χ3v) is 3.54. The first kappa shape index (κ1) is 12.5. The zero-order valence-corrected chi connectivity index (χ0v) is 10.1. The summed E-state index contributed by atoms with van der Waals surface area (Å²) in [5.74, 6) is 1.40. The largest absolute Gasteiger partial charge is 0.352 e. The number of nitrogens with one attached hydrogen (secondary N) is 1. The number of carbonyl (C=O) groups is 1. The molecule has 0 radical (unpaired) electrons. The molecule has 0 bridgehead atoms. The monoisotopic (exact) mass is 212 g/mol. The van der Waals surface area contributed by atoms with Crippen LogP contribution in [0.1, 0.15) is 46.5 Å². The normalized spacial score (nSPS) is 33.5. The molecular formula is C12H24N2O. The van der Waals surface area contributed by atoms with Crippen molar-refractivity contribution in [1.82, 2.24) is 5.32 Å². The highest BCUT2D eigenvalue weighted by atomic mass is 16.2. The Balaban J connectivity index is 2.41. The van der Waals surface area contributed by atoms with Gasteiger partial charge in [0.1, 0.15) is 0 Å². The Hall–Kier alpha value is -0.570. The maximum atomic E-state index is 11.6. The Labute approximate surface area is 92.8 Å². The number of carbonyl (C=O) groups excluding carboxylic acids is 1. The second-order valence-corrected chi connectivity index (χ2v) is 5.03. The number of amides is 1. The van der Waals surface area contributed by atoms with Crippen LogP contribution in [0, 0.1) is 11.8 Å². The molecule has 4 atom stereocenters. The van der Waals surface area contributed by atoms with Crippen LogP contribution in [0.5, 0.6) is 0 Å². The van der Waals surface area contributed by atoms with Crippen LogP contribution < -0.4 is 11.1 Å². The van der Waals surface area contributed by atoms with Crippen LogP contribution in [0.25, 0.3) is 0 Å². The number of nitrogens with two attached hydrogens (primary N) is 1. The van der Waals surface area contributed by atoms with Crippen LogP contribution in [0.15, 0.2) is 0 Å². The topological polar surface area (TPSA) is 55.1 Å². The predicted octanol–water partition coefficient (Wildman–Crippen LogP) is 1.66.